The van der Waals surface area contributed by atoms with Crippen LogP contribution < -0.4 is 15.8 Å². The van der Waals surface area contributed by atoms with Crippen LogP contribution in [0, 0.1) is 6.92 Å². The number of hydrogen-bond acceptors (Lipinski definition) is 6. The third-order valence-corrected chi connectivity index (χ3v) is 2.63. The van der Waals surface area contributed by atoms with Crippen LogP contribution in [0.2, 0.25) is 0 Å². The highest BCUT2D eigenvalue weighted by Crippen LogP contribution is 2.08. The van der Waals surface area contributed by atoms with Gasteiger partial charge in [0.15, 0.2) is 0 Å². The highest BCUT2D eigenvalue weighted by atomic mass is 16.5. The number of ether oxygens (including phenoxy) is 1. The van der Waals surface area contributed by atoms with Crippen molar-refractivity contribution < 1.29 is 9.53 Å². The molecule has 0 aliphatic heterocycles. The monoisotopic (exact) mass is 287 g/mol. The van der Waals surface area contributed by atoms with Crippen molar-refractivity contribution >= 4 is 11.9 Å². The molecule has 110 valence electrons. The predicted octanol–water partition coefficient (Wildman–Crippen LogP) is 0.960. The smallest absolute Gasteiger partial charge is 0.270 e. The fraction of sp³-hybridized carbons (Fsp3) is 0.286. The van der Waals surface area contributed by atoms with E-state index in [9.17, 15) is 4.79 Å². The fourth-order valence-electron chi connectivity index (χ4n) is 1.73. The summed E-state index contributed by atoms with van der Waals surface area (Å²) < 4.78 is 5.61. The Labute approximate surface area is 122 Å². The van der Waals surface area contributed by atoms with E-state index in [0.717, 1.165) is 0 Å². The number of pyridine rings is 1. The van der Waals surface area contributed by atoms with Gasteiger partial charge in [-0.3, -0.25) is 9.78 Å². The summed E-state index contributed by atoms with van der Waals surface area (Å²) in [5.74, 6) is 0.426. The molecule has 1 atom stereocenters. The van der Waals surface area contributed by atoms with Crippen LogP contribution in [0.15, 0.2) is 30.6 Å². The maximum Gasteiger partial charge on any atom is 0.270 e. The number of rotatable bonds is 5. The molecule has 0 fully saturated rings. The minimum atomic E-state index is -0.311. The van der Waals surface area contributed by atoms with E-state index in [2.05, 4.69) is 20.3 Å². The maximum absolute atomic E-state index is 12.0. The number of aromatic nitrogens is 3. The SMILES string of the molecule is Cc1cc(C(=O)NC[C@@H](C)Oc2cccnc2)nc(N)n1. The van der Waals surface area contributed by atoms with E-state index in [4.69, 9.17) is 10.5 Å². The molecular formula is C14H17N5O2. The number of hydrogen-bond donors (Lipinski definition) is 2. The number of carbonyl (C=O) groups excluding carboxylic acids is 1. The molecule has 2 rings (SSSR count). The second-order valence-corrected chi connectivity index (χ2v) is 4.58. The molecule has 7 nitrogen and oxygen atoms in total. The molecule has 0 aliphatic carbocycles. The summed E-state index contributed by atoms with van der Waals surface area (Å²) in [4.78, 5) is 23.8. The second-order valence-electron chi connectivity index (χ2n) is 4.58. The van der Waals surface area contributed by atoms with E-state index in [-0.39, 0.29) is 23.7 Å². The van der Waals surface area contributed by atoms with Crippen molar-refractivity contribution in [3.05, 3.63) is 42.0 Å². The summed E-state index contributed by atoms with van der Waals surface area (Å²) in [6.45, 7) is 3.95. The lowest BCUT2D eigenvalue weighted by Gasteiger charge is -2.15. The highest BCUT2D eigenvalue weighted by molar-refractivity contribution is 5.92. The largest absolute Gasteiger partial charge is 0.487 e. The zero-order valence-corrected chi connectivity index (χ0v) is 11.9. The van der Waals surface area contributed by atoms with Gasteiger partial charge in [-0.25, -0.2) is 9.97 Å². The lowest BCUT2D eigenvalue weighted by molar-refractivity contribution is 0.0927. The van der Waals surface area contributed by atoms with Gasteiger partial charge in [0.2, 0.25) is 5.95 Å². The molecule has 2 aromatic rings. The van der Waals surface area contributed by atoms with Gasteiger partial charge in [0.1, 0.15) is 17.5 Å². The zero-order valence-electron chi connectivity index (χ0n) is 11.9. The Balaban J connectivity index is 1.88. The van der Waals surface area contributed by atoms with Gasteiger partial charge in [-0.1, -0.05) is 0 Å². The Kier molecular flexibility index (Phi) is 4.65. The van der Waals surface area contributed by atoms with Gasteiger partial charge in [-0.15, -0.1) is 0 Å². The number of nitrogens with two attached hydrogens (primary N) is 1. The first-order valence-electron chi connectivity index (χ1n) is 6.50. The molecule has 0 radical (unpaired) electrons. The number of aryl methyl sites for hydroxylation is 1. The molecule has 2 heterocycles. The van der Waals surface area contributed by atoms with E-state index in [1.165, 1.54) is 0 Å². The normalized spacial score (nSPS) is 11.7. The van der Waals surface area contributed by atoms with Crippen molar-refractivity contribution in [2.45, 2.75) is 20.0 Å². The van der Waals surface area contributed by atoms with Crippen molar-refractivity contribution in [1.29, 1.82) is 0 Å². The van der Waals surface area contributed by atoms with Gasteiger partial charge in [0, 0.05) is 11.9 Å². The van der Waals surface area contributed by atoms with Crippen LogP contribution in [0.25, 0.3) is 0 Å². The van der Waals surface area contributed by atoms with Crippen molar-refractivity contribution in [2.75, 3.05) is 12.3 Å². The molecule has 1 amide bonds. The molecule has 0 unspecified atom stereocenters. The summed E-state index contributed by atoms with van der Waals surface area (Å²) in [5.41, 5.74) is 6.41. The van der Waals surface area contributed by atoms with Gasteiger partial charge < -0.3 is 15.8 Å². The van der Waals surface area contributed by atoms with Crippen molar-refractivity contribution in [3.8, 4) is 5.75 Å². The first-order chi connectivity index (χ1) is 10.0. The fourth-order valence-corrected chi connectivity index (χ4v) is 1.73. The first-order valence-corrected chi connectivity index (χ1v) is 6.50. The van der Waals surface area contributed by atoms with Gasteiger partial charge in [0.05, 0.1) is 12.7 Å². The van der Waals surface area contributed by atoms with Gasteiger partial charge >= 0.3 is 0 Å². The van der Waals surface area contributed by atoms with Crippen LogP contribution in [0.3, 0.4) is 0 Å². The lowest BCUT2D eigenvalue weighted by Crippen LogP contribution is -2.34. The van der Waals surface area contributed by atoms with Crippen LogP contribution in [0.5, 0.6) is 5.75 Å². The minimum absolute atomic E-state index is 0.0832. The Bertz CT molecular complexity index is 598. The number of nitrogen functional groups attached to an aromatic ring is 1. The first kappa shape index (κ1) is 14.7. The number of anilines is 1. The quantitative estimate of drug-likeness (QED) is 0.849. The molecule has 2 aromatic heterocycles. The highest BCUT2D eigenvalue weighted by Gasteiger charge is 2.11. The Morgan fingerprint density at radius 2 is 2.29 bits per heavy atom. The van der Waals surface area contributed by atoms with E-state index in [1.54, 1.807) is 37.5 Å². The molecule has 21 heavy (non-hydrogen) atoms. The Morgan fingerprint density at radius 3 is 2.95 bits per heavy atom. The third kappa shape index (κ3) is 4.41. The standard InChI is InChI=1S/C14H17N5O2/c1-9-6-12(19-14(15)18-9)13(20)17-7-10(2)21-11-4-3-5-16-8-11/h3-6,8,10H,7H2,1-2H3,(H,17,20)(H2,15,18,19)/t10-/m1/s1. The van der Waals surface area contributed by atoms with Crippen molar-refractivity contribution in [1.82, 2.24) is 20.3 Å². The van der Waals surface area contributed by atoms with Crippen molar-refractivity contribution in [2.24, 2.45) is 0 Å². The van der Waals surface area contributed by atoms with E-state index >= 15 is 0 Å². The van der Waals surface area contributed by atoms with Crippen molar-refractivity contribution in [3.63, 3.8) is 0 Å². The minimum Gasteiger partial charge on any atom is -0.487 e. The molecule has 0 saturated heterocycles. The van der Waals surface area contributed by atoms with Crippen LogP contribution in [0.1, 0.15) is 23.1 Å². The summed E-state index contributed by atoms with van der Waals surface area (Å²) >= 11 is 0. The second kappa shape index (κ2) is 6.65. The molecule has 0 aliphatic rings. The summed E-state index contributed by atoms with van der Waals surface area (Å²) in [7, 11) is 0. The Morgan fingerprint density at radius 1 is 1.48 bits per heavy atom. The van der Waals surface area contributed by atoms with Gasteiger partial charge in [-0.2, -0.15) is 0 Å². The van der Waals surface area contributed by atoms with Crippen LogP contribution >= 0.6 is 0 Å². The van der Waals surface area contributed by atoms with Crippen LogP contribution in [0.4, 0.5) is 5.95 Å². The molecule has 0 saturated carbocycles. The van der Waals surface area contributed by atoms with Gasteiger partial charge in [0.25, 0.3) is 5.91 Å². The van der Waals surface area contributed by atoms with Crippen LogP contribution in [-0.4, -0.2) is 33.5 Å². The van der Waals surface area contributed by atoms with E-state index < -0.39 is 0 Å². The number of carbonyl (C=O) groups is 1. The molecule has 0 aromatic carbocycles. The Hall–Kier alpha value is -2.70. The molecular weight excluding hydrogens is 270 g/mol. The van der Waals surface area contributed by atoms with E-state index in [1.807, 2.05) is 6.92 Å². The van der Waals surface area contributed by atoms with Crippen LogP contribution in [-0.2, 0) is 0 Å². The number of nitrogens with one attached hydrogen (secondary N) is 1. The summed E-state index contributed by atoms with van der Waals surface area (Å²) in [5, 5.41) is 2.74. The third-order valence-electron chi connectivity index (χ3n) is 2.63. The lowest BCUT2D eigenvalue weighted by atomic mass is 10.3. The predicted molar refractivity (Wildman–Crippen MR) is 77.8 cm³/mol. The number of amides is 1. The van der Waals surface area contributed by atoms with E-state index in [0.29, 0.717) is 18.0 Å². The average Bonchev–Trinajstić information content (AvgIpc) is 2.45. The molecule has 3 N–H and O–H groups in total. The molecule has 0 bridgehead atoms. The molecule has 7 heteroatoms. The summed E-state index contributed by atoms with van der Waals surface area (Å²) in [6, 6.07) is 5.17. The topological polar surface area (TPSA) is 103 Å². The maximum atomic E-state index is 12.0. The number of nitrogens with zero attached hydrogens (tertiary/aromatic N) is 3. The average molecular weight is 287 g/mol. The zero-order chi connectivity index (χ0) is 15.2. The van der Waals surface area contributed by atoms with Gasteiger partial charge in [-0.05, 0) is 32.0 Å². The summed E-state index contributed by atoms with van der Waals surface area (Å²) in [6.07, 6.45) is 3.09. The molecule has 0 spiro atoms.